The van der Waals surface area contributed by atoms with Gasteiger partial charge in [0, 0.05) is 26.2 Å². The summed E-state index contributed by atoms with van der Waals surface area (Å²) in [5.41, 5.74) is 2.35. The smallest absolute Gasteiger partial charge is 0.323 e. The van der Waals surface area contributed by atoms with Crippen LogP contribution in [0.15, 0.2) is 24.3 Å². The van der Waals surface area contributed by atoms with Crippen LogP contribution in [-0.2, 0) is 6.54 Å². The second-order valence-corrected chi connectivity index (χ2v) is 6.59. The minimum absolute atomic E-state index is 0.0770. The van der Waals surface area contributed by atoms with Crippen LogP contribution >= 0.6 is 0 Å². The minimum atomic E-state index is 0.0770. The van der Waals surface area contributed by atoms with Gasteiger partial charge in [-0.3, -0.25) is 4.90 Å². The maximum atomic E-state index is 12.5. The number of nitrogens with one attached hydrogen (secondary N) is 1. The molecule has 1 heterocycles. The fourth-order valence-corrected chi connectivity index (χ4v) is 2.70. The maximum absolute atomic E-state index is 12.5. The van der Waals surface area contributed by atoms with E-state index >= 15 is 0 Å². The van der Waals surface area contributed by atoms with Gasteiger partial charge in [-0.2, -0.15) is 0 Å². The second-order valence-electron chi connectivity index (χ2n) is 6.59. The first-order chi connectivity index (χ1) is 9.34. The quantitative estimate of drug-likeness (QED) is 0.920. The third-order valence-electron chi connectivity index (χ3n) is 4.01. The molecule has 4 nitrogen and oxygen atoms in total. The van der Waals surface area contributed by atoms with Crippen LogP contribution in [0.3, 0.4) is 0 Å². The Bertz CT molecular complexity index is 493. The normalized spacial score (nSPS) is 17.1. The fraction of sp³-hybridized carbons (Fsp3) is 0.562. The Morgan fingerprint density at radius 1 is 1.30 bits per heavy atom. The second kappa shape index (κ2) is 5.44. The monoisotopic (exact) mass is 275 g/mol. The van der Waals surface area contributed by atoms with Gasteiger partial charge in [-0.15, -0.1) is 0 Å². The van der Waals surface area contributed by atoms with Crippen LogP contribution in [0.4, 0.5) is 10.5 Å². The number of rotatable bonds is 3. The summed E-state index contributed by atoms with van der Waals surface area (Å²) in [6, 6.07) is 8.47. The molecule has 0 radical (unpaired) electrons. The molecule has 1 unspecified atom stereocenters. The van der Waals surface area contributed by atoms with Gasteiger partial charge in [0.2, 0.25) is 0 Å². The summed E-state index contributed by atoms with van der Waals surface area (Å²) in [6.45, 7) is 7.94. The lowest BCUT2D eigenvalue weighted by Gasteiger charge is -2.40. The Balaban J connectivity index is 2.32. The molecule has 1 atom stereocenters. The number of fused-ring (bicyclic) bond motifs is 1. The summed E-state index contributed by atoms with van der Waals surface area (Å²) in [5, 5.41) is 3.34. The van der Waals surface area contributed by atoms with Crippen LogP contribution in [-0.4, -0.2) is 37.6 Å². The van der Waals surface area contributed by atoms with E-state index in [0.717, 1.165) is 5.69 Å². The Hall–Kier alpha value is -1.55. The topological polar surface area (TPSA) is 35.6 Å². The number of carbonyl (C=O) groups is 1. The van der Waals surface area contributed by atoms with E-state index in [2.05, 4.69) is 32.2 Å². The van der Waals surface area contributed by atoms with E-state index in [1.807, 2.05) is 37.2 Å². The maximum Gasteiger partial charge on any atom is 0.324 e. The van der Waals surface area contributed by atoms with Gasteiger partial charge in [0.1, 0.15) is 0 Å². The average Bonchev–Trinajstić information content (AvgIpc) is 2.38. The number of nitrogens with zero attached hydrogens (tertiary/aromatic N) is 2. The first-order valence-corrected chi connectivity index (χ1v) is 7.12. The average molecular weight is 275 g/mol. The number of amides is 2. The van der Waals surface area contributed by atoms with Crippen molar-refractivity contribution < 1.29 is 4.79 Å². The molecule has 2 rings (SSSR count). The number of carbonyl (C=O) groups excluding carboxylic acids is 1. The van der Waals surface area contributed by atoms with Crippen LogP contribution in [0, 0.1) is 5.41 Å². The van der Waals surface area contributed by atoms with Gasteiger partial charge in [-0.1, -0.05) is 39.0 Å². The first-order valence-electron chi connectivity index (χ1n) is 7.12. The molecule has 4 heteroatoms. The molecule has 0 aromatic heterocycles. The van der Waals surface area contributed by atoms with Gasteiger partial charge >= 0.3 is 6.03 Å². The van der Waals surface area contributed by atoms with Gasteiger partial charge in [-0.25, -0.2) is 4.79 Å². The summed E-state index contributed by atoms with van der Waals surface area (Å²) in [6.07, 6.45) is 0. The molecule has 2 amide bonds. The highest BCUT2D eigenvalue weighted by molar-refractivity contribution is 5.94. The molecule has 1 aliphatic heterocycles. The number of para-hydroxylation sites is 1. The van der Waals surface area contributed by atoms with Gasteiger partial charge in [0.05, 0.1) is 5.69 Å². The molecule has 0 saturated heterocycles. The van der Waals surface area contributed by atoms with Crippen molar-refractivity contribution in [1.29, 1.82) is 0 Å². The zero-order chi connectivity index (χ0) is 14.9. The lowest BCUT2D eigenvalue weighted by molar-refractivity contribution is 0.205. The Morgan fingerprint density at radius 3 is 2.55 bits per heavy atom. The van der Waals surface area contributed by atoms with E-state index in [9.17, 15) is 4.79 Å². The summed E-state index contributed by atoms with van der Waals surface area (Å²) in [5.74, 6) is 0. The standard InChI is InChI=1S/C16H25N3O/c1-16(2,3)14(17-4)11-19-13-9-7-6-8-12(13)10-18(5)15(19)20/h6-9,14,17H,10-11H2,1-5H3. The summed E-state index contributed by atoms with van der Waals surface area (Å²) >= 11 is 0. The van der Waals surface area contributed by atoms with E-state index in [1.165, 1.54) is 5.56 Å². The van der Waals surface area contributed by atoms with E-state index in [-0.39, 0.29) is 17.5 Å². The lowest BCUT2D eigenvalue weighted by atomic mass is 9.86. The zero-order valence-corrected chi connectivity index (χ0v) is 13.1. The van der Waals surface area contributed by atoms with Crippen LogP contribution in [0.5, 0.6) is 0 Å². The van der Waals surface area contributed by atoms with Crippen molar-refractivity contribution in [2.24, 2.45) is 5.41 Å². The summed E-state index contributed by atoms with van der Waals surface area (Å²) in [4.78, 5) is 16.2. The Kier molecular flexibility index (Phi) is 4.04. The highest BCUT2D eigenvalue weighted by Gasteiger charge is 2.32. The molecule has 1 aromatic carbocycles. The summed E-state index contributed by atoms with van der Waals surface area (Å²) in [7, 11) is 3.82. The third-order valence-corrected chi connectivity index (χ3v) is 4.01. The molecule has 0 saturated carbocycles. The molecule has 1 aliphatic rings. The molecule has 110 valence electrons. The minimum Gasteiger partial charge on any atom is -0.323 e. The van der Waals surface area contributed by atoms with Crippen LogP contribution in [0.25, 0.3) is 0 Å². The molecular formula is C16H25N3O. The fourth-order valence-electron chi connectivity index (χ4n) is 2.70. The van der Waals surface area contributed by atoms with Crippen molar-refractivity contribution in [3.8, 4) is 0 Å². The molecule has 1 N–H and O–H groups in total. The van der Waals surface area contributed by atoms with Crippen LogP contribution in [0.1, 0.15) is 26.3 Å². The van der Waals surface area contributed by atoms with Crippen molar-refractivity contribution in [1.82, 2.24) is 10.2 Å². The van der Waals surface area contributed by atoms with Crippen LogP contribution < -0.4 is 10.2 Å². The molecular weight excluding hydrogens is 250 g/mol. The molecule has 1 aromatic rings. The number of likely N-dealkylation sites (N-methyl/N-ethyl adjacent to an activating group) is 1. The van der Waals surface area contributed by atoms with Crippen molar-refractivity contribution in [2.75, 3.05) is 25.5 Å². The molecule has 20 heavy (non-hydrogen) atoms. The number of urea groups is 1. The van der Waals surface area contributed by atoms with Gasteiger partial charge in [0.25, 0.3) is 0 Å². The van der Waals surface area contributed by atoms with Gasteiger partial charge in [0.15, 0.2) is 0 Å². The van der Waals surface area contributed by atoms with Crippen LogP contribution in [0.2, 0.25) is 0 Å². The van der Waals surface area contributed by atoms with E-state index in [0.29, 0.717) is 13.1 Å². The van der Waals surface area contributed by atoms with Gasteiger partial charge < -0.3 is 10.2 Å². The molecule has 0 aliphatic carbocycles. The number of benzene rings is 1. The number of anilines is 1. The van der Waals surface area contributed by atoms with E-state index in [1.54, 1.807) is 4.90 Å². The predicted octanol–water partition coefficient (Wildman–Crippen LogP) is 2.69. The first kappa shape index (κ1) is 14.9. The summed E-state index contributed by atoms with van der Waals surface area (Å²) < 4.78 is 0. The molecule has 0 spiro atoms. The Labute approximate surface area is 121 Å². The Morgan fingerprint density at radius 2 is 1.95 bits per heavy atom. The largest absolute Gasteiger partial charge is 0.324 e. The molecule has 0 fully saturated rings. The van der Waals surface area contributed by atoms with Crippen molar-refractivity contribution in [3.05, 3.63) is 29.8 Å². The highest BCUT2D eigenvalue weighted by Crippen LogP contribution is 2.30. The highest BCUT2D eigenvalue weighted by atomic mass is 16.2. The number of hydrogen-bond acceptors (Lipinski definition) is 2. The molecule has 0 bridgehead atoms. The lowest BCUT2D eigenvalue weighted by Crippen LogP contribution is -2.53. The van der Waals surface area contributed by atoms with E-state index in [4.69, 9.17) is 0 Å². The zero-order valence-electron chi connectivity index (χ0n) is 13.1. The number of hydrogen-bond donors (Lipinski definition) is 1. The van der Waals surface area contributed by atoms with Crippen molar-refractivity contribution in [3.63, 3.8) is 0 Å². The van der Waals surface area contributed by atoms with Gasteiger partial charge in [-0.05, 0) is 24.1 Å². The third kappa shape index (κ3) is 2.80. The predicted molar refractivity (Wildman–Crippen MR) is 83.0 cm³/mol. The van der Waals surface area contributed by atoms with E-state index < -0.39 is 0 Å². The van der Waals surface area contributed by atoms with Crippen molar-refractivity contribution in [2.45, 2.75) is 33.4 Å². The van der Waals surface area contributed by atoms with Crippen molar-refractivity contribution >= 4 is 11.7 Å². The SMILES string of the molecule is CNC(CN1C(=O)N(C)Cc2ccccc21)C(C)(C)C.